The van der Waals surface area contributed by atoms with Gasteiger partial charge >= 0.3 is 0 Å². The number of halogens is 1. The molecule has 0 fully saturated rings. The van der Waals surface area contributed by atoms with Crippen molar-refractivity contribution in [2.75, 3.05) is 5.73 Å². The minimum absolute atomic E-state index is 0.687. The third-order valence-corrected chi connectivity index (χ3v) is 3.91. The van der Waals surface area contributed by atoms with Crippen LogP contribution in [-0.4, -0.2) is 20.2 Å². The predicted octanol–water partition coefficient (Wildman–Crippen LogP) is 2.98. The molecule has 2 aromatic carbocycles. The summed E-state index contributed by atoms with van der Waals surface area (Å²) in [6.07, 6.45) is 0. The Hall–Kier alpha value is -2.21. The predicted molar refractivity (Wildman–Crippen MR) is 81.4 cm³/mol. The second-order valence-corrected chi connectivity index (χ2v) is 5.32. The van der Waals surface area contributed by atoms with Crippen molar-refractivity contribution in [3.05, 3.63) is 52.5 Å². The number of hydrogen-bond donors (Lipinski definition) is 1. The molecule has 6 heteroatoms. The lowest BCUT2D eigenvalue weighted by Crippen LogP contribution is -2.00. The van der Waals surface area contributed by atoms with Gasteiger partial charge in [0.15, 0.2) is 5.82 Å². The Kier molecular flexibility index (Phi) is 3.23. The van der Waals surface area contributed by atoms with E-state index in [0.717, 1.165) is 21.3 Å². The summed E-state index contributed by atoms with van der Waals surface area (Å²) in [5.41, 5.74) is 9.38. The highest BCUT2D eigenvalue weighted by Crippen LogP contribution is 2.23. The molecule has 0 saturated heterocycles. The number of nitrogens with zero attached hydrogens (tertiary/aromatic N) is 4. The highest BCUT2D eigenvalue weighted by Gasteiger charge is 2.11. The lowest BCUT2D eigenvalue weighted by molar-refractivity contribution is 0.790. The Morgan fingerprint density at radius 1 is 1.10 bits per heavy atom. The summed E-state index contributed by atoms with van der Waals surface area (Å²) in [6, 6.07) is 13.5. The van der Waals surface area contributed by atoms with Gasteiger partial charge in [0.2, 0.25) is 0 Å². The van der Waals surface area contributed by atoms with E-state index in [2.05, 4.69) is 31.5 Å². The van der Waals surface area contributed by atoms with E-state index < -0.39 is 0 Å². The molecule has 0 aliphatic rings. The van der Waals surface area contributed by atoms with Crippen LogP contribution in [0.25, 0.3) is 17.1 Å². The minimum atomic E-state index is 0.687. The SMILES string of the molecule is Cc1cc(-n2nnnc2-c2ccc(N)cc2)ccc1Br. The van der Waals surface area contributed by atoms with Gasteiger partial charge in [-0.3, -0.25) is 0 Å². The van der Waals surface area contributed by atoms with Crippen molar-refractivity contribution in [3.63, 3.8) is 0 Å². The van der Waals surface area contributed by atoms with E-state index in [1.807, 2.05) is 49.4 Å². The van der Waals surface area contributed by atoms with Crippen LogP contribution in [0.2, 0.25) is 0 Å². The number of nitrogens with two attached hydrogens (primary N) is 1. The number of hydrogen-bond acceptors (Lipinski definition) is 4. The van der Waals surface area contributed by atoms with Crippen LogP contribution in [0.3, 0.4) is 0 Å². The zero-order chi connectivity index (χ0) is 14.1. The van der Waals surface area contributed by atoms with Gasteiger partial charge in [-0.15, -0.1) is 5.10 Å². The molecule has 0 atom stereocenters. The average molecular weight is 330 g/mol. The molecular weight excluding hydrogens is 318 g/mol. The van der Waals surface area contributed by atoms with Gasteiger partial charge in [0.1, 0.15) is 0 Å². The number of anilines is 1. The summed E-state index contributed by atoms with van der Waals surface area (Å²) in [4.78, 5) is 0. The number of nitrogen functional groups attached to an aromatic ring is 1. The smallest absolute Gasteiger partial charge is 0.187 e. The fourth-order valence-corrected chi connectivity index (χ4v) is 2.18. The molecule has 0 unspecified atom stereocenters. The van der Waals surface area contributed by atoms with Gasteiger partial charge in [-0.1, -0.05) is 15.9 Å². The normalized spacial score (nSPS) is 10.7. The summed E-state index contributed by atoms with van der Waals surface area (Å²) < 4.78 is 2.77. The van der Waals surface area contributed by atoms with Crippen LogP contribution in [0, 0.1) is 6.92 Å². The summed E-state index contributed by atoms with van der Waals surface area (Å²) in [5, 5.41) is 11.9. The Balaban J connectivity index is 2.10. The molecule has 20 heavy (non-hydrogen) atoms. The molecule has 0 radical (unpaired) electrons. The van der Waals surface area contributed by atoms with Crippen molar-refractivity contribution < 1.29 is 0 Å². The zero-order valence-electron chi connectivity index (χ0n) is 10.8. The number of rotatable bonds is 2. The van der Waals surface area contributed by atoms with Gasteiger partial charge in [-0.25, -0.2) is 0 Å². The van der Waals surface area contributed by atoms with Crippen LogP contribution in [0.1, 0.15) is 5.56 Å². The third kappa shape index (κ3) is 2.30. The van der Waals surface area contributed by atoms with Crippen LogP contribution < -0.4 is 5.73 Å². The third-order valence-electron chi connectivity index (χ3n) is 3.02. The van der Waals surface area contributed by atoms with E-state index in [0.29, 0.717) is 11.5 Å². The Bertz CT molecular complexity index is 749. The quantitative estimate of drug-likeness (QED) is 0.734. The fourth-order valence-electron chi connectivity index (χ4n) is 1.93. The van der Waals surface area contributed by atoms with Crippen LogP contribution in [0.4, 0.5) is 5.69 Å². The van der Waals surface area contributed by atoms with Gasteiger partial charge in [0.05, 0.1) is 5.69 Å². The van der Waals surface area contributed by atoms with Crippen LogP contribution in [-0.2, 0) is 0 Å². The van der Waals surface area contributed by atoms with Crippen LogP contribution in [0.15, 0.2) is 46.9 Å². The molecule has 0 aliphatic heterocycles. The van der Waals surface area contributed by atoms with E-state index in [1.54, 1.807) is 4.68 Å². The first kappa shape index (κ1) is 12.8. The van der Waals surface area contributed by atoms with Gasteiger partial charge in [-0.2, -0.15) is 4.68 Å². The number of benzene rings is 2. The first-order chi connectivity index (χ1) is 9.65. The van der Waals surface area contributed by atoms with Crippen LogP contribution in [0.5, 0.6) is 0 Å². The molecule has 0 aliphatic carbocycles. The van der Waals surface area contributed by atoms with Crippen molar-refractivity contribution in [2.45, 2.75) is 6.92 Å². The number of aryl methyl sites for hydroxylation is 1. The largest absolute Gasteiger partial charge is 0.399 e. The summed E-state index contributed by atoms with van der Waals surface area (Å²) >= 11 is 3.49. The lowest BCUT2D eigenvalue weighted by atomic mass is 10.2. The lowest BCUT2D eigenvalue weighted by Gasteiger charge is -2.07. The molecule has 1 aromatic heterocycles. The standard InChI is InChI=1S/C14H12BrN5/c1-9-8-12(6-7-13(9)15)20-14(17-18-19-20)10-2-4-11(16)5-3-10/h2-8H,16H2,1H3. The van der Waals surface area contributed by atoms with E-state index in [4.69, 9.17) is 5.73 Å². The molecule has 100 valence electrons. The minimum Gasteiger partial charge on any atom is -0.399 e. The van der Waals surface area contributed by atoms with Crippen LogP contribution >= 0.6 is 15.9 Å². The average Bonchev–Trinajstić information content (AvgIpc) is 2.92. The monoisotopic (exact) mass is 329 g/mol. The molecule has 3 aromatic rings. The Morgan fingerprint density at radius 3 is 2.55 bits per heavy atom. The second kappa shape index (κ2) is 5.05. The molecule has 1 heterocycles. The summed E-state index contributed by atoms with van der Waals surface area (Å²) in [7, 11) is 0. The summed E-state index contributed by atoms with van der Waals surface area (Å²) in [5.74, 6) is 0.687. The maximum absolute atomic E-state index is 5.70. The van der Waals surface area contributed by atoms with E-state index >= 15 is 0 Å². The summed E-state index contributed by atoms with van der Waals surface area (Å²) in [6.45, 7) is 2.03. The second-order valence-electron chi connectivity index (χ2n) is 4.47. The number of aromatic nitrogens is 4. The van der Waals surface area contributed by atoms with Crippen molar-refractivity contribution in [1.29, 1.82) is 0 Å². The van der Waals surface area contributed by atoms with Crippen molar-refractivity contribution in [2.24, 2.45) is 0 Å². The van der Waals surface area contributed by atoms with Crippen molar-refractivity contribution in [1.82, 2.24) is 20.2 Å². The van der Waals surface area contributed by atoms with Crippen molar-refractivity contribution in [3.8, 4) is 17.1 Å². The van der Waals surface area contributed by atoms with E-state index in [-0.39, 0.29) is 0 Å². The molecule has 0 amide bonds. The first-order valence-electron chi connectivity index (χ1n) is 6.06. The number of tetrazole rings is 1. The van der Waals surface area contributed by atoms with Gasteiger partial charge in [0.25, 0.3) is 0 Å². The molecule has 2 N–H and O–H groups in total. The van der Waals surface area contributed by atoms with Gasteiger partial charge in [-0.05, 0) is 65.4 Å². The molecule has 0 saturated carbocycles. The molecule has 5 nitrogen and oxygen atoms in total. The zero-order valence-corrected chi connectivity index (χ0v) is 12.4. The molecular formula is C14H12BrN5. The first-order valence-corrected chi connectivity index (χ1v) is 6.85. The maximum Gasteiger partial charge on any atom is 0.187 e. The Morgan fingerprint density at radius 2 is 1.85 bits per heavy atom. The molecule has 0 spiro atoms. The highest BCUT2D eigenvalue weighted by molar-refractivity contribution is 9.10. The van der Waals surface area contributed by atoms with E-state index in [9.17, 15) is 0 Å². The molecule has 3 rings (SSSR count). The Labute approximate surface area is 124 Å². The topological polar surface area (TPSA) is 69.6 Å². The van der Waals surface area contributed by atoms with Gasteiger partial charge in [0, 0.05) is 15.7 Å². The maximum atomic E-state index is 5.70. The van der Waals surface area contributed by atoms with Crippen molar-refractivity contribution >= 4 is 21.6 Å². The van der Waals surface area contributed by atoms with E-state index in [1.165, 1.54) is 0 Å². The molecule has 0 bridgehead atoms. The highest BCUT2D eigenvalue weighted by atomic mass is 79.9. The van der Waals surface area contributed by atoms with Gasteiger partial charge < -0.3 is 5.73 Å². The fraction of sp³-hybridized carbons (Fsp3) is 0.0714.